The maximum Gasteiger partial charge on any atom is 0.389 e. The molecule has 0 amide bonds. The molecule has 1 rings (SSSR count). The van der Waals surface area contributed by atoms with Crippen LogP contribution in [0.2, 0.25) is 0 Å². The Balaban J connectivity index is 2.15. The maximum absolute atomic E-state index is 11.9. The van der Waals surface area contributed by atoms with Gasteiger partial charge in [0.1, 0.15) is 0 Å². The van der Waals surface area contributed by atoms with Gasteiger partial charge in [-0.05, 0) is 31.7 Å². The molecule has 0 heterocycles. The highest BCUT2D eigenvalue weighted by Crippen LogP contribution is 2.27. The molecule has 16 heavy (non-hydrogen) atoms. The van der Waals surface area contributed by atoms with E-state index >= 15 is 0 Å². The Morgan fingerprint density at radius 1 is 1.19 bits per heavy atom. The molecule has 1 aliphatic rings. The number of alkyl halides is 3. The van der Waals surface area contributed by atoms with Crippen molar-refractivity contribution in [3.05, 3.63) is 0 Å². The topological polar surface area (TPSA) is 35.2 Å². The molecule has 2 nitrogen and oxygen atoms in total. The zero-order valence-corrected chi connectivity index (χ0v) is 9.43. The van der Waals surface area contributed by atoms with Crippen LogP contribution in [0.4, 0.5) is 13.2 Å². The molecule has 0 aromatic carbocycles. The second-order valence-electron chi connectivity index (χ2n) is 4.41. The molecule has 0 spiro atoms. The SMILES string of the molecule is NCC1CCCCC1OCCCC(F)(F)F. The molecule has 1 aliphatic carbocycles. The average Bonchev–Trinajstić information content (AvgIpc) is 2.23. The van der Waals surface area contributed by atoms with Gasteiger partial charge >= 0.3 is 6.18 Å². The van der Waals surface area contributed by atoms with Crippen molar-refractivity contribution in [1.29, 1.82) is 0 Å². The first-order valence-corrected chi connectivity index (χ1v) is 5.91. The van der Waals surface area contributed by atoms with Crippen LogP contribution >= 0.6 is 0 Å². The summed E-state index contributed by atoms with van der Waals surface area (Å²) in [5.74, 6) is 0.333. The maximum atomic E-state index is 11.9. The van der Waals surface area contributed by atoms with Crippen LogP contribution in [0.3, 0.4) is 0 Å². The monoisotopic (exact) mass is 239 g/mol. The van der Waals surface area contributed by atoms with Gasteiger partial charge in [0.2, 0.25) is 0 Å². The third-order valence-corrected chi connectivity index (χ3v) is 3.08. The molecule has 0 bridgehead atoms. The summed E-state index contributed by atoms with van der Waals surface area (Å²) in [4.78, 5) is 0. The third kappa shape index (κ3) is 5.16. The molecule has 96 valence electrons. The van der Waals surface area contributed by atoms with Crippen LogP contribution in [0.25, 0.3) is 0 Å². The normalized spacial score (nSPS) is 27.0. The molecule has 2 atom stereocenters. The van der Waals surface area contributed by atoms with Crippen molar-refractivity contribution in [2.45, 2.75) is 50.8 Å². The zero-order chi connectivity index (χ0) is 12.0. The average molecular weight is 239 g/mol. The number of rotatable bonds is 5. The van der Waals surface area contributed by atoms with Crippen LogP contribution < -0.4 is 5.73 Å². The zero-order valence-electron chi connectivity index (χ0n) is 9.43. The highest BCUT2D eigenvalue weighted by molar-refractivity contribution is 4.76. The van der Waals surface area contributed by atoms with Crippen LogP contribution in [0.5, 0.6) is 0 Å². The molecule has 0 aliphatic heterocycles. The standard InChI is InChI=1S/C11H20F3NO/c12-11(13,14)6-3-7-16-10-5-2-1-4-9(10)8-15/h9-10H,1-8,15H2. The van der Waals surface area contributed by atoms with E-state index in [1.165, 1.54) is 0 Å². The van der Waals surface area contributed by atoms with E-state index in [2.05, 4.69) is 0 Å². The van der Waals surface area contributed by atoms with Gasteiger partial charge in [-0.3, -0.25) is 0 Å². The second-order valence-corrected chi connectivity index (χ2v) is 4.41. The smallest absolute Gasteiger partial charge is 0.378 e. The minimum Gasteiger partial charge on any atom is -0.378 e. The van der Waals surface area contributed by atoms with Gasteiger partial charge < -0.3 is 10.5 Å². The van der Waals surface area contributed by atoms with Gasteiger partial charge in [0.05, 0.1) is 6.10 Å². The number of halogens is 3. The van der Waals surface area contributed by atoms with Crippen LogP contribution in [0.1, 0.15) is 38.5 Å². The predicted octanol–water partition coefficient (Wildman–Crippen LogP) is 2.86. The lowest BCUT2D eigenvalue weighted by atomic mass is 9.86. The van der Waals surface area contributed by atoms with Crippen molar-refractivity contribution < 1.29 is 17.9 Å². The van der Waals surface area contributed by atoms with Crippen molar-refractivity contribution in [3.63, 3.8) is 0 Å². The van der Waals surface area contributed by atoms with Crippen LogP contribution in [-0.2, 0) is 4.74 Å². The van der Waals surface area contributed by atoms with Crippen molar-refractivity contribution >= 4 is 0 Å². The number of hydrogen-bond donors (Lipinski definition) is 1. The summed E-state index contributed by atoms with van der Waals surface area (Å²) in [6.45, 7) is 0.768. The van der Waals surface area contributed by atoms with E-state index in [9.17, 15) is 13.2 Å². The molecule has 2 unspecified atom stereocenters. The van der Waals surface area contributed by atoms with E-state index in [0.717, 1.165) is 25.7 Å². The molecule has 5 heteroatoms. The molecule has 0 radical (unpaired) electrons. The van der Waals surface area contributed by atoms with Crippen LogP contribution in [0.15, 0.2) is 0 Å². The summed E-state index contributed by atoms with van der Waals surface area (Å²) in [6, 6.07) is 0. The predicted molar refractivity (Wildman–Crippen MR) is 56.0 cm³/mol. The lowest BCUT2D eigenvalue weighted by Crippen LogP contribution is -2.33. The Bertz CT molecular complexity index is 196. The Hall–Kier alpha value is -0.290. The molecular weight excluding hydrogens is 219 g/mol. The van der Waals surface area contributed by atoms with Gasteiger partial charge in [0.15, 0.2) is 0 Å². The van der Waals surface area contributed by atoms with E-state index in [1.807, 2.05) is 0 Å². The van der Waals surface area contributed by atoms with Crippen LogP contribution in [0, 0.1) is 5.92 Å². The number of ether oxygens (including phenoxy) is 1. The molecule has 1 saturated carbocycles. The Labute approximate surface area is 94.3 Å². The quantitative estimate of drug-likeness (QED) is 0.749. The van der Waals surface area contributed by atoms with Gasteiger partial charge in [-0.1, -0.05) is 12.8 Å². The summed E-state index contributed by atoms with van der Waals surface area (Å²) in [5.41, 5.74) is 5.61. The Morgan fingerprint density at radius 3 is 2.50 bits per heavy atom. The summed E-state index contributed by atoms with van der Waals surface area (Å²) >= 11 is 0. The summed E-state index contributed by atoms with van der Waals surface area (Å²) in [7, 11) is 0. The molecule has 1 fully saturated rings. The van der Waals surface area contributed by atoms with E-state index in [4.69, 9.17) is 10.5 Å². The molecule has 0 aromatic heterocycles. The fraction of sp³-hybridized carbons (Fsp3) is 1.00. The van der Waals surface area contributed by atoms with E-state index in [0.29, 0.717) is 12.5 Å². The van der Waals surface area contributed by atoms with Gasteiger partial charge in [-0.2, -0.15) is 13.2 Å². The Morgan fingerprint density at radius 2 is 1.88 bits per heavy atom. The van der Waals surface area contributed by atoms with E-state index < -0.39 is 12.6 Å². The van der Waals surface area contributed by atoms with Gasteiger partial charge in [-0.15, -0.1) is 0 Å². The first-order chi connectivity index (χ1) is 7.53. The van der Waals surface area contributed by atoms with E-state index in [1.54, 1.807) is 0 Å². The first-order valence-electron chi connectivity index (χ1n) is 5.91. The summed E-state index contributed by atoms with van der Waals surface area (Å²) in [6.07, 6.45) is -0.459. The van der Waals surface area contributed by atoms with Crippen molar-refractivity contribution in [2.75, 3.05) is 13.2 Å². The molecule has 0 saturated heterocycles. The van der Waals surface area contributed by atoms with Crippen molar-refractivity contribution in [1.82, 2.24) is 0 Å². The van der Waals surface area contributed by atoms with Gasteiger partial charge in [0, 0.05) is 13.0 Å². The lowest BCUT2D eigenvalue weighted by molar-refractivity contribution is -0.139. The number of nitrogens with two attached hydrogens (primary N) is 1. The molecule has 2 N–H and O–H groups in total. The Kier molecular flexibility index (Phi) is 5.55. The minimum absolute atomic E-state index is 0.0529. The van der Waals surface area contributed by atoms with Crippen LogP contribution in [-0.4, -0.2) is 25.4 Å². The summed E-state index contributed by atoms with van der Waals surface area (Å²) < 4.78 is 41.2. The van der Waals surface area contributed by atoms with E-state index in [-0.39, 0.29) is 19.1 Å². The largest absolute Gasteiger partial charge is 0.389 e. The number of hydrogen-bond acceptors (Lipinski definition) is 2. The fourth-order valence-electron chi connectivity index (χ4n) is 2.17. The fourth-order valence-corrected chi connectivity index (χ4v) is 2.17. The summed E-state index contributed by atoms with van der Waals surface area (Å²) in [5, 5.41) is 0. The van der Waals surface area contributed by atoms with Gasteiger partial charge in [0.25, 0.3) is 0 Å². The second kappa shape index (κ2) is 6.45. The first kappa shape index (κ1) is 13.8. The highest BCUT2D eigenvalue weighted by atomic mass is 19.4. The van der Waals surface area contributed by atoms with Gasteiger partial charge in [-0.25, -0.2) is 0 Å². The minimum atomic E-state index is -4.07. The lowest BCUT2D eigenvalue weighted by Gasteiger charge is -2.30. The van der Waals surface area contributed by atoms with Crippen molar-refractivity contribution in [3.8, 4) is 0 Å². The third-order valence-electron chi connectivity index (χ3n) is 3.08. The molecule has 0 aromatic rings. The van der Waals surface area contributed by atoms with Crippen molar-refractivity contribution in [2.24, 2.45) is 11.7 Å². The highest BCUT2D eigenvalue weighted by Gasteiger charge is 2.27. The molecular formula is C11H20F3NO.